The van der Waals surface area contributed by atoms with Gasteiger partial charge in [0.2, 0.25) is 0 Å². The van der Waals surface area contributed by atoms with E-state index in [9.17, 15) is 9.59 Å². The summed E-state index contributed by atoms with van der Waals surface area (Å²) in [7, 11) is 0. The van der Waals surface area contributed by atoms with E-state index < -0.39 is 5.60 Å². The number of carbonyl (C=O) groups is 2. The van der Waals surface area contributed by atoms with Gasteiger partial charge in [0.15, 0.2) is 0 Å². The fraction of sp³-hybridized carbons (Fsp3) is 0.417. The number of esters is 2. The molecule has 0 bridgehead atoms. The standard InChI is InChI=1S/C24H30O4/c1-5-20(21(6-2)27-22(25)18-14-10-8-11-15-18)24(4,7-3)28-23(26)19-16-12-9-13-17-19/h8-17,20-21H,5-7H2,1-4H3. The van der Waals surface area contributed by atoms with Crippen LogP contribution < -0.4 is 0 Å². The third kappa shape index (κ3) is 5.22. The van der Waals surface area contributed by atoms with Crippen molar-refractivity contribution in [3.8, 4) is 0 Å². The van der Waals surface area contributed by atoms with Crippen LogP contribution >= 0.6 is 0 Å². The Bertz CT molecular complexity index is 757. The molecule has 0 aliphatic carbocycles. The molecule has 0 saturated heterocycles. The molecule has 3 atom stereocenters. The van der Waals surface area contributed by atoms with Crippen molar-refractivity contribution >= 4 is 11.9 Å². The largest absolute Gasteiger partial charge is 0.458 e. The monoisotopic (exact) mass is 382 g/mol. The first-order valence-corrected chi connectivity index (χ1v) is 9.99. The van der Waals surface area contributed by atoms with Crippen molar-refractivity contribution in [3.63, 3.8) is 0 Å². The van der Waals surface area contributed by atoms with Crippen LogP contribution in [0, 0.1) is 5.92 Å². The first-order chi connectivity index (χ1) is 13.4. The van der Waals surface area contributed by atoms with Gasteiger partial charge in [-0.2, -0.15) is 0 Å². The lowest BCUT2D eigenvalue weighted by molar-refractivity contribution is -0.0856. The first-order valence-electron chi connectivity index (χ1n) is 9.99. The van der Waals surface area contributed by atoms with Crippen LogP contribution in [-0.4, -0.2) is 23.6 Å². The van der Waals surface area contributed by atoms with Crippen LogP contribution in [0.5, 0.6) is 0 Å². The summed E-state index contributed by atoms with van der Waals surface area (Å²) in [6, 6.07) is 17.9. The molecule has 0 aliphatic heterocycles. The minimum absolute atomic E-state index is 0.108. The molecule has 0 aliphatic rings. The summed E-state index contributed by atoms with van der Waals surface area (Å²) in [6.45, 7) is 7.95. The molecule has 0 aromatic heterocycles. The van der Waals surface area contributed by atoms with Gasteiger partial charge in [-0.1, -0.05) is 57.2 Å². The van der Waals surface area contributed by atoms with Crippen LogP contribution in [0.2, 0.25) is 0 Å². The molecule has 0 N–H and O–H groups in total. The van der Waals surface area contributed by atoms with Gasteiger partial charge in [-0.05, 0) is 50.5 Å². The molecule has 0 spiro atoms. The maximum absolute atomic E-state index is 12.7. The third-order valence-electron chi connectivity index (χ3n) is 5.38. The maximum atomic E-state index is 12.7. The molecule has 4 heteroatoms. The zero-order valence-corrected chi connectivity index (χ0v) is 17.2. The fourth-order valence-corrected chi connectivity index (χ4v) is 3.57. The van der Waals surface area contributed by atoms with E-state index in [2.05, 4.69) is 0 Å². The number of hydrogen-bond donors (Lipinski definition) is 0. The van der Waals surface area contributed by atoms with Crippen LogP contribution in [0.1, 0.15) is 67.7 Å². The van der Waals surface area contributed by atoms with Gasteiger partial charge in [0, 0.05) is 5.92 Å². The van der Waals surface area contributed by atoms with E-state index in [1.54, 1.807) is 24.3 Å². The highest BCUT2D eigenvalue weighted by Gasteiger charge is 2.41. The van der Waals surface area contributed by atoms with Crippen LogP contribution in [0.4, 0.5) is 0 Å². The molecule has 0 heterocycles. The Kier molecular flexibility index (Phi) is 7.80. The first kappa shape index (κ1) is 21.7. The smallest absolute Gasteiger partial charge is 0.338 e. The van der Waals surface area contributed by atoms with E-state index in [0.29, 0.717) is 24.0 Å². The van der Waals surface area contributed by atoms with E-state index in [1.165, 1.54) is 0 Å². The predicted octanol–water partition coefficient (Wildman–Crippen LogP) is 5.67. The van der Waals surface area contributed by atoms with Crippen molar-refractivity contribution in [2.45, 2.75) is 58.7 Å². The van der Waals surface area contributed by atoms with Gasteiger partial charge >= 0.3 is 11.9 Å². The average Bonchev–Trinajstić information content (AvgIpc) is 2.74. The van der Waals surface area contributed by atoms with Gasteiger partial charge in [-0.15, -0.1) is 0 Å². The minimum Gasteiger partial charge on any atom is -0.458 e. The fourth-order valence-electron chi connectivity index (χ4n) is 3.57. The number of carbonyl (C=O) groups excluding carboxylic acids is 2. The maximum Gasteiger partial charge on any atom is 0.338 e. The Labute approximate surface area is 167 Å². The zero-order chi connectivity index (χ0) is 20.6. The lowest BCUT2D eigenvalue weighted by Crippen LogP contribution is -2.46. The number of rotatable bonds is 9. The van der Waals surface area contributed by atoms with Gasteiger partial charge in [0.1, 0.15) is 11.7 Å². The second-order valence-corrected chi connectivity index (χ2v) is 7.15. The lowest BCUT2D eigenvalue weighted by atomic mass is 9.79. The second-order valence-electron chi connectivity index (χ2n) is 7.15. The topological polar surface area (TPSA) is 52.6 Å². The van der Waals surface area contributed by atoms with Crippen molar-refractivity contribution < 1.29 is 19.1 Å². The Morgan fingerprint density at radius 2 is 1.32 bits per heavy atom. The summed E-state index contributed by atoms with van der Waals surface area (Å²) in [6.07, 6.45) is 1.66. The number of hydrogen-bond acceptors (Lipinski definition) is 4. The molecule has 0 radical (unpaired) electrons. The Balaban J connectivity index is 2.19. The van der Waals surface area contributed by atoms with Crippen molar-refractivity contribution in [1.82, 2.24) is 0 Å². The summed E-state index contributed by atoms with van der Waals surface area (Å²) < 4.78 is 11.8. The minimum atomic E-state index is -0.737. The molecule has 28 heavy (non-hydrogen) atoms. The van der Waals surface area contributed by atoms with Crippen LogP contribution in [0.25, 0.3) is 0 Å². The Morgan fingerprint density at radius 3 is 1.75 bits per heavy atom. The van der Waals surface area contributed by atoms with Crippen molar-refractivity contribution in [3.05, 3.63) is 71.8 Å². The molecule has 150 valence electrons. The molecule has 3 unspecified atom stereocenters. The van der Waals surface area contributed by atoms with Crippen molar-refractivity contribution in [2.75, 3.05) is 0 Å². The number of ether oxygens (including phenoxy) is 2. The quantitative estimate of drug-likeness (QED) is 0.524. The highest BCUT2D eigenvalue weighted by Crippen LogP contribution is 2.35. The van der Waals surface area contributed by atoms with Crippen LogP contribution in [-0.2, 0) is 9.47 Å². The molecule has 2 rings (SSSR count). The molecule has 4 nitrogen and oxygen atoms in total. The normalized spacial score (nSPS) is 15.1. The lowest BCUT2D eigenvalue weighted by Gasteiger charge is -2.40. The summed E-state index contributed by atoms with van der Waals surface area (Å²) in [5, 5.41) is 0. The highest BCUT2D eigenvalue weighted by molar-refractivity contribution is 5.90. The Hall–Kier alpha value is -2.62. The van der Waals surface area contributed by atoms with Crippen molar-refractivity contribution in [1.29, 1.82) is 0 Å². The molecule has 0 amide bonds. The molecule has 0 saturated carbocycles. The zero-order valence-electron chi connectivity index (χ0n) is 17.2. The van der Waals surface area contributed by atoms with Gasteiger partial charge in [0.25, 0.3) is 0 Å². The molecule has 2 aromatic rings. The molecular weight excluding hydrogens is 352 g/mol. The van der Waals surface area contributed by atoms with E-state index >= 15 is 0 Å². The average molecular weight is 383 g/mol. The van der Waals surface area contributed by atoms with Crippen molar-refractivity contribution in [2.24, 2.45) is 5.92 Å². The van der Waals surface area contributed by atoms with Crippen LogP contribution in [0.3, 0.4) is 0 Å². The van der Waals surface area contributed by atoms with E-state index in [0.717, 1.165) is 6.42 Å². The second kappa shape index (κ2) is 10.1. The summed E-state index contributed by atoms with van der Waals surface area (Å²) in [5.41, 5.74) is 0.306. The third-order valence-corrected chi connectivity index (χ3v) is 5.38. The van der Waals surface area contributed by atoms with E-state index in [4.69, 9.17) is 9.47 Å². The predicted molar refractivity (Wildman–Crippen MR) is 110 cm³/mol. The Morgan fingerprint density at radius 1 is 0.821 bits per heavy atom. The number of benzene rings is 2. The summed E-state index contributed by atoms with van der Waals surface area (Å²) >= 11 is 0. The van der Waals surface area contributed by atoms with Gasteiger partial charge in [0.05, 0.1) is 11.1 Å². The summed E-state index contributed by atoms with van der Waals surface area (Å²) in [5.74, 6) is -0.811. The van der Waals surface area contributed by atoms with E-state index in [-0.39, 0.29) is 24.0 Å². The SMILES string of the molecule is CCC(OC(=O)c1ccccc1)C(CC)C(C)(CC)OC(=O)c1ccccc1. The molecule has 2 aromatic carbocycles. The van der Waals surface area contributed by atoms with Gasteiger partial charge in [-0.3, -0.25) is 0 Å². The molecular formula is C24H30O4. The van der Waals surface area contributed by atoms with Gasteiger partial charge < -0.3 is 9.47 Å². The van der Waals surface area contributed by atoms with E-state index in [1.807, 2.05) is 64.1 Å². The summed E-state index contributed by atoms with van der Waals surface area (Å²) in [4.78, 5) is 25.2. The molecule has 0 fully saturated rings. The highest BCUT2D eigenvalue weighted by atomic mass is 16.6. The van der Waals surface area contributed by atoms with Crippen LogP contribution in [0.15, 0.2) is 60.7 Å². The van der Waals surface area contributed by atoms with Gasteiger partial charge in [-0.25, -0.2) is 9.59 Å².